The Morgan fingerprint density at radius 1 is 0.400 bits per heavy atom. The Kier molecular flexibility index (Phi) is 39.1. The topological polar surface area (TPSA) is 12.5 Å². The average Bonchev–Trinajstić information content (AvgIpc) is 3.03. The van der Waals surface area contributed by atoms with E-state index in [9.17, 15) is 0 Å². The van der Waals surface area contributed by atoms with Crippen LogP contribution < -0.4 is 0 Å². The van der Waals surface area contributed by atoms with Gasteiger partial charge in [0.15, 0.2) is 0 Å². The van der Waals surface area contributed by atoms with Gasteiger partial charge in [0.2, 0.25) is 0 Å². The van der Waals surface area contributed by atoms with Gasteiger partial charge in [-0.05, 0) is 91.3 Å². The summed E-state index contributed by atoms with van der Waals surface area (Å²) in [4.78, 5) is 2.27. The Labute approximate surface area is 286 Å². The lowest BCUT2D eigenvalue weighted by Gasteiger charge is -2.19. The Morgan fingerprint density at radius 3 is 1.04 bits per heavy atom. The SMILES string of the molecule is CCCCCCCC/C=C/CCCCCCCCC(CCCCCCCC/C=C/CCCCCCCCC)OCCCN(C)C. The summed E-state index contributed by atoms with van der Waals surface area (Å²) in [5, 5.41) is 0. The number of allylic oxidation sites excluding steroid dienone is 4. The Morgan fingerprint density at radius 2 is 0.711 bits per heavy atom. The lowest BCUT2D eigenvalue weighted by molar-refractivity contribution is 0.0342. The van der Waals surface area contributed by atoms with E-state index in [2.05, 4.69) is 57.1 Å². The molecule has 0 heterocycles. The summed E-state index contributed by atoms with van der Waals surface area (Å²) in [6.07, 6.45) is 54.2. The van der Waals surface area contributed by atoms with Crippen molar-refractivity contribution in [3.05, 3.63) is 24.3 Å². The van der Waals surface area contributed by atoms with E-state index in [4.69, 9.17) is 4.74 Å². The molecule has 268 valence electrons. The summed E-state index contributed by atoms with van der Waals surface area (Å²) < 4.78 is 6.40. The Bertz CT molecular complexity index is 582. The fraction of sp³-hybridized carbons (Fsp3) is 0.907. The summed E-state index contributed by atoms with van der Waals surface area (Å²) in [5.74, 6) is 0. The smallest absolute Gasteiger partial charge is 0.0575 e. The van der Waals surface area contributed by atoms with Gasteiger partial charge in [0.05, 0.1) is 6.10 Å². The summed E-state index contributed by atoms with van der Waals surface area (Å²) >= 11 is 0. The molecule has 0 amide bonds. The second-order valence-electron chi connectivity index (χ2n) is 14.5. The van der Waals surface area contributed by atoms with E-state index in [0.717, 1.165) is 19.6 Å². The standard InChI is InChI=1S/C43H85NO/c1-5-7-9-11-13-15-17-19-21-23-25-27-29-31-33-35-37-40-43(45-42-38-41-44(3)4)39-36-34-32-30-28-26-24-22-20-18-16-14-12-10-8-6-2/h20-23,43H,5-19,24-42H2,1-4H3/b22-20+,23-21+. The lowest BCUT2D eigenvalue weighted by atomic mass is 10.0. The van der Waals surface area contributed by atoms with Gasteiger partial charge in [-0.3, -0.25) is 0 Å². The van der Waals surface area contributed by atoms with Crippen LogP contribution in [0, 0.1) is 0 Å². The van der Waals surface area contributed by atoms with Crippen LogP contribution in [0.3, 0.4) is 0 Å². The van der Waals surface area contributed by atoms with Crippen LogP contribution in [0.15, 0.2) is 24.3 Å². The molecule has 0 aliphatic carbocycles. The Balaban J connectivity index is 3.76. The molecule has 1 unspecified atom stereocenters. The molecule has 0 aromatic heterocycles. The van der Waals surface area contributed by atoms with Gasteiger partial charge in [-0.2, -0.15) is 0 Å². The molecule has 0 rings (SSSR count). The highest BCUT2D eigenvalue weighted by atomic mass is 16.5. The minimum Gasteiger partial charge on any atom is -0.378 e. The van der Waals surface area contributed by atoms with E-state index in [1.165, 1.54) is 199 Å². The van der Waals surface area contributed by atoms with E-state index in [0.29, 0.717) is 6.10 Å². The van der Waals surface area contributed by atoms with E-state index in [-0.39, 0.29) is 0 Å². The monoisotopic (exact) mass is 632 g/mol. The van der Waals surface area contributed by atoms with Crippen molar-refractivity contribution in [3.63, 3.8) is 0 Å². The highest BCUT2D eigenvalue weighted by molar-refractivity contribution is 4.82. The summed E-state index contributed by atoms with van der Waals surface area (Å²) in [6, 6.07) is 0. The highest BCUT2D eigenvalue weighted by Gasteiger charge is 2.09. The zero-order valence-corrected chi connectivity index (χ0v) is 31.8. The first-order valence-corrected chi connectivity index (χ1v) is 20.8. The molecule has 2 nitrogen and oxygen atoms in total. The molecule has 45 heavy (non-hydrogen) atoms. The zero-order valence-electron chi connectivity index (χ0n) is 31.8. The third-order valence-electron chi connectivity index (χ3n) is 9.43. The average molecular weight is 632 g/mol. The molecule has 0 aliphatic rings. The molecule has 0 saturated heterocycles. The molecule has 0 fully saturated rings. The van der Waals surface area contributed by atoms with Crippen molar-refractivity contribution >= 4 is 0 Å². The number of rotatable bonds is 38. The van der Waals surface area contributed by atoms with Gasteiger partial charge >= 0.3 is 0 Å². The molecule has 0 N–H and O–H groups in total. The van der Waals surface area contributed by atoms with Crippen molar-refractivity contribution in [1.29, 1.82) is 0 Å². The van der Waals surface area contributed by atoms with Crippen LogP contribution in [0.2, 0.25) is 0 Å². The van der Waals surface area contributed by atoms with Crippen molar-refractivity contribution < 1.29 is 4.74 Å². The fourth-order valence-electron chi connectivity index (χ4n) is 6.36. The van der Waals surface area contributed by atoms with Crippen molar-refractivity contribution in [2.45, 2.75) is 225 Å². The van der Waals surface area contributed by atoms with Crippen molar-refractivity contribution in [1.82, 2.24) is 4.90 Å². The van der Waals surface area contributed by atoms with Crippen molar-refractivity contribution in [2.75, 3.05) is 27.2 Å². The zero-order chi connectivity index (χ0) is 32.7. The van der Waals surface area contributed by atoms with Gasteiger partial charge < -0.3 is 9.64 Å². The van der Waals surface area contributed by atoms with Crippen LogP contribution >= 0.6 is 0 Å². The third-order valence-corrected chi connectivity index (χ3v) is 9.43. The largest absolute Gasteiger partial charge is 0.378 e. The molecule has 1 atom stereocenters. The van der Waals surface area contributed by atoms with E-state index >= 15 is 0 Å². The predicted octanol–water partition coefficient (Wildman–Crippen LogP) is 14.6. The second-order valence-corrected chi connectivity index (χ2v) is 14.5. The van der Waals surface area contributed by atoms with Crippen LogP contribution in [-0.2, 0) is 4.74 Å². The molecule has 0 aromatic carbocycles. The van der Waals surface area contributed by atoms with Gasteiger partial charge in [-0.25, -0.2) is 0 Å². The molecule has 0 bridgehead atoms. The van der Waals surface area contributed by atoms with Gasteiger partial charge in [-0.15, -0.1) is 0 Å². The van der Waals surface area contributed by atoms with Gasteiger partial charge in [0, 0.05) is 6.61 Å². The molecular formula is C43H85NO. The lowest BCUT2D eigenvalue weighted by Crippen LogP contribution is -2.18. The highest BCUT2D eigenvalue weighted by Crippen LogP contribution is 2.18. The first-order chi connectivity index (χ1) is 22.2. The number of hydrogen-bond acceptors (Lipinski definition) is 2. The number of unbranched alkanes of at least 4 members (excludes halogenated alkanes) is 25. The first-order valence-electron chi connectivity index (χ1n) is 20.8. The summed E-state index contributed by atoms with van der Waals surface area (Å²) in [5.41, 5.74) is 0. The number of ether oxygens (including phenoxy) is 1. The predicted molar refractivity (Wildman–Crippen MR) is 206 cm³/mol. The first kappa shape index (κ1) is 44.4. The maximum Gasteiger partial charge on any atom is 0.0575 e. The van der Waals surface area contributed by atoms with Gasteiger partial charge in [-0.1, -0.05) is 173 Å². The molecule has 0 radical (unpaired) electrons. The van der Waals surface area contributed by atoms with Crippen LogP contribution in [-0.4, -0.2) is 38.3 Å². The Hall–Kier alpha value is -0.600. The normalized spacial score (nSPS) is 12.8. The minimum atomic E-state index is 0.491. The maximum atomic E-state index is 6.40. The van der Waals surface area contributed by atoms with Crippen LogP contribution in [0.5, 0.6) is 0 Å². The van der Waals surface area contributed by atoms with Crippen LogP contribution in [0.4, 0.5) is 0 Å². The van der Waals surface area contributed by atoms with Crippen molar-refractivity contribution in [3.8, 4) is 0 Å². The van der Waals surface area contributed by atoms with Crippen LogP contribution in [0.25, 0.3) is 0 Å². The summed E-state index contributed by atoms with van der Waals surface area (Å²) in [7, 11) is 4.33. The third kappa shape index (κ3) is 39.5. The quantitative estimate of drug-likeness (QED) is 0.0496. The van der Waals surface area contributed by atoms with Crippen LogP contribution in [0.1, 0.15) is 219 Å². The molecule has 0 spiro atoms. The molecule has 0 aliphatic heterocycles. The van der Waals surface area contributed by atoms with Gasteiger partial charge in [0.1, 0.15) is 0 Å². The fourth-order valence-corrected chi connectivity index (χ4v) is 6.36. The second kappa shape index (κ2) is 39.6. The van der Waals surface area contributed by atoms with Crippen molar-refractivity contribution in [2.24, 2.45) is 0 Å². The van der Waals surface area contributed by atoms with E-state index in [1.54, 1.807) is 0 Å². The molecule has 2 heteroatoms. The number of nitrogens with zero attached hydrogens (tertiary/aromatic N) is 1. The minimum absolute atomic E-state index is 0.491. The summed E-state index contributed by atoms with van der Waals surface area (Å²) in [6.45, 7) is 6.66. The molecular weight excluding hydrogens is 546 g/mol. The number of hydrogen-bond donors (Lipinski definition) is 0. The van der Waals surface area contributed by atoms with Gasteiger partial charge in [0.25, 0.3) is 0 Å². The van der Waals surface area contributed by atoms with E-state index in [1.807, 2.05) is 0 Å². The molecule has 0 aromatic rings. The maximum absolute atomic E-state index is 6.40. The molecule has 0 saturated carbocycles. The van der Waals surface area contributed by atoms with E-state index < -0.39 is 0 Å².